The van der Waals surface area contributed by atoms with Gasteiger partial charge in [-0.05, 0) is 55.0 Å². The highest BCUT2D eigenvalue weighted by molar-refractivity contribution is 6.05. The van der Waals surface area contributed by atoms with E-state index >= 15 is 0 Å². The van der Waals surface area contributed by atoms with Gasteiger partial charge in [-0.2, -0.15) is 0 Å². The Balaban J connectivity index is 1.49. The lowest BCUT2D eigenvalue weighted by Gasteiger charge is -2.32. The number of aryl methyl sites for hydroxylation is 1. The summed E-state index contributed by atoms with van der Waals surface area (Å²) < 4.78 is 13.2. The molecule has 2 aromatic heterocycles. The van der Waals surface area contributed by atoms with E-state index < -0.39 is 5.41 Å². The largest absolute Gasteiger partial charge is 0.322 e. The number of halogens is 1. The number of nitrogens with zero attached hydrogens (tertiary/aromatic N) is 4. The summed E-state index contributed by atoms with van der Waals surface area (Å²) in [6.45, 7) is 5.61. The first-order valence-corrected chi connectivity index (χ1v) is 11.3. The van der Waals surface area contributed by atoms with E-state index in [2.05, 4.69) is 20.3 Å². The van der Waals surface area contributed by atoms with Crippen molar-refractivity contribution in [2.45, 2.75) is 26.7 Å². The van der Waals surface area contributed by atoms with Gasteiger partial charge in [-0.25, -0.2) is 14.4 Å². The molecule has 7 nitrogen and oxygen atoms in total. The Morgan fingerprint density at radius 1 is 1.11 bits per heavy atom. The zero-order valence-corrected chi connectivity index (χ0v) is 19.6. The summed E-state index contributed by atoms with van der Waals surface area (Å²) in [4.78, 5) is 41.2. The molecule has 1 N–H and O–H groups in total. The summed E-state index contributed by atoms with van der Waals surface area (Å²) in [6, 6.07) is 9.13. The van der Waals surface area contributed by atoms with E-state index in [4.69, 9.17) is 0 Å². The number of anilines is 2. The Kier molecular flexibility index (Phi) is 5.51. The summed E-state index contributed by atoms with van der Waals surface area (Å²) >= 11 is 0. The molecule has 0 radical (unpaired) electrons. The molecule has 1 saturated heterocycles. The van der Waals surface area contributed by atoms with E-state index in [0.717, 1.165) is 11.3 Å². The smallest absolute Gasteiger partial charge is 0.257 e. The number of pyridine rings is 1. The molecule has 1 aliphatic carbocycles. The Morgan fingerprint density at radius 3 is 2.54 bits per heavy atom. The quantitative estimate of drug-likeness (QED) is 0.593. The number of aromatic nitrogens is 3. The summed E-state index contributed by atoms with van der Waals surface area (Å²) in [5, 5.41) is 2.80. The third-order valence-electron chi connectivity index (χ3n) is 6.65. The molecule has 3 aromatic rings. The number of benzene rings is 1. The molecule has 3 heterocycles. The van der Waals surface area contributed by atoms with Gasteiger partial charge in [0.05, 0.1) is 11.0 Å². The molecule has 176 valence electrons. The number of fused-ring (bicyclic) bond motifs is 1. The molecule has 2 amide bonds. The van der Waals surface area contributed by atoms with Gasteiger partial charge in [0.1, 0.15) is 5.82 Å². The molecule has 0 saturated carbocycles. The summed E-state index contributed by atoms with van der Waals surface area (Å²) in [6.07, 6.45) is 10.9. The molecule has 5 rings (SSSR count). The minimum absolute atomic E-state index is 0.0806. The first kappa shape index (κ1) is 22.6. The Labute approximate surface area is 202 Å². The van der Waals surface area contributed by atoms with Crippen LogP contribution in [0.4, 0.5) is 16.0 Å². The maximum absolute atomic E-state index is 13.5. The summed E-state index contributed by atoms with van der Waals surface area (Å²) in [5.41, 5.74) is 2.39. The zero-order chi connectivity index (χ0) is 24.7. The van der Waals surface area contributed by atoms with Crippen LogP contribution in [0.2, 0.25) is 0 Å². The first-order valence-electron chi connectivity index (χ1n) is 11.3. The SMILES string of the molecule is Cc1ncc(C2C=CC=C3C2C(C)(C)C(=O)N3c2ncccn2)cc1C(=O)Nc1ccc(F)cc1. The van der Waals surface area contributed by atoms with Crippen molar-refractivity contribution in [3.63, 3.8) is 0 Å². The Morgan fingerprint density at radius 2 is 1.83 bits per heavy atom. The second-order valence-electron chi connectivity index (χ2n) is 9.25. The van der Waals surface area contributed by atoms with Crippen LogP contribution >= 0.6 is 0 Å². The fourth-order valence-electron chi connectivity index (χ4n) is 4.85. The van der Waals surface area contributed by atoms with Gasteiger partial charge in [-0.1, -0.05) is 26.0 Å². The van der Waals surface area contributed by atoms with Crippen LogP contribution in [-0.2, 0) is 4.79 Å². The fraction of sp³-hybridized carbons (Fsp3) is 0.222. The van der Waals surface area contributed by atoms with E-state index in [0.29, 0.717) is 22.9 Å². The minimum atomic E-state index is -0.734. The van der Waals surface area contributed by atoms with Crippen molar-refractivity contribution in [2.24, 2.45) is 11.3 Å². The van der Waals surface area contributed by atoms with Crippen LogP contribution in [0, 0.1) is 24.1 Å². The number of hydrogen-bond acceptors (Lipinski definition) is 5. The van der Waals surface area contributed by atoms with Crippen LogP contribution in [0.25, 0.3) is 0 Å². The third-order valence-corrected chi connectivity index (χ3v) is 6.65. The topological polar surface area (TPSA) is 88.1 Å². The van der Waals surface area contributed by atoms with Crippen molar-refractivity contribution in [1.82, 2.24) is 15.0 Å². The van der Waals surface area contributed by atoms with Gasteiger partial charge in [-0.15, -0.1) is 0 Å². The molecule has 0 bridgehead atoms. The summed E-state index contributed by atoms with van der Waals surface area (Å²) in [7, 11) is 0. The number of allylic oxidation sites excluding steroid dienone is 4. The minimum Gasteiger partial charge on any atom is -0.322 e. The molecule has 1 fully saturated rings. The second kappa shape index (κ2) is 8.54. The lowest BCUT2D eigenvalue weighted by Crippen LogP contribution is -2.33. The number of carbonyl (C=O) groups is 2. The highest BCUT2D eigenvalue weighted by atomic mass is 19.1. The van der Waals surface area contributed by atoms with Crippen LogP contribution < -0.4 is 10.2 Å². The lowest BCUT2D eigenvalue weighted by atomic mass is 9.69. The van der Waals surface area contributed by atoms with Gasteiger partial charge >= 0.3 is 0 Å². The normalized spacial score (nSPS) is 20.4. The molecule has 35 heavy (non-hydrogen) atoms. The zero-order valence-electron chi connectivity index (χ0n) is 19.6. The van der Waals surface area contributed by atoms with Crippen LogP contribution in [0.15, 0.2) is 78.9 Å². The molecule has 2 aliphatic rings. The molecule has 1 aliphatic heterocycles. The van der Waals surface area contributed by atoms with Gasteiger partial charge in [0.2, 0.25) is 11.9 Å². The number of amides is 2. The summed E-state index contributed by atoms with van der Waals surface area (Å²) in [5.74, 6) is -0.827. The number of rotatable bonds is 4. The van der Waals surface area contributed by atoms with Gasteiger partial charge in [0.15, 0.2) is 0 Å². The lowest BCUT2D eigenvalue weighted by molar-refractivity contribution is -0.125. The average Bonchev–Trinajstić information content (AvgIpc) is 3.06. The predicted octanol–water partition coefficient (Wildman–Crippen LogP) is 4.80. The van der Waals surface area contributed by atoms with E-state index in [1.165, 1.54) is 24.3 Å². The molecule has 2 unspecified atom stereocenters. The van der Waals surface area contributed by atoms with Gasteiger partial charge in [0.25, 0.3) is 5.91 Å². The van der Waals surface area contributed by atoms with Crippen molar-refractivity contribution >= 4 is 23.5 Å². The van der Waals surface area contributed by atoms with Crippen molar-refractivity contribution in [3.05, 3.63) is 102 Å². The van der Waals surface area contributed by atoms with Gasteiger partial charge in [0, 0.05) is 47.5 Å². The molecule has 8 heteroatoms. The van der Waals surface area contributed by atoms with Crippen molar-refractivity contribution in [2.75, 3.05) is 10.2 Å². The molecule has 2 atom stereocenters. The van der Waals surface area contributed by atoms with Crippen LogP contribution in [0.3, 0.4) is 0 Å². The van der Waals surface area contributed by atoms with E-state index in [9.17, 15) is 14.0 Å². The molecular formula is C27H24FN5O2. The maximum atomic E-state index is 13.5. The molecule has 0 spiro atoms. The number of hydrogen-bond donors (Lipinski definition) is 1. The predicted molar refractivity (Wildman–Crippen MR) is 130 cm³/mol. The van der Waals surface area contributed by atoms with Crippen molar-refractivity contribution in [1.29, 1.82) is 0 Å². The number of carbonyl (C=O) groups excluding carboxylic acids is 2. The number of nitrogens with one attached hydrogen (secondary N) is 1. The van der Waals surface area contributed by atoms with E-state index in [1.807, 2.05) is 38.1 Å². The Bertz CT molecular complexity index is 1370. The second-order valence-corrected chi connectivity index (χ2v) is 9.25. The van der Waals surface area contributed by atoms with Crippen LogP contribution in [0.1, 0.15) is 41.4 Å². The van der Waals surface area contributed by atoms with Crippen molar-refractivity contribution < 1.29 is 14.0 Å². The molecular weight excluding hydrogens is 445 g/mol. The third kappa shape index (κ3) is 3.90. The van der Waals surface area contributed by atoms with Gasteiger partial charge in [-0.3, -0.25) is 19.5 Å². The average molecular weight is 470 g/mol. The maximum Gasteiger partial charge on any atom is 0.257 e. The Hall–Kier alpha value is -4.20. The highest BCUT2D eigenvalue weighted by Gasteiger charge is 2.55. The van der Waals surface area contributed by atoms with Gasteiger partial charge < -0.3 is 5.32 Å². The van der Waals surface area contributed by atoms with Crippen LogP contribution in [0.5, 0.6) is 0 Å². The fourth-order valence-corrected chi connectivity index (χ4v) is 4.85. The standard InChI is InChI=1S/C27H24FN5O2/c1-16-21(24(34)32-19-10-8-18(28)9-11-19)14-17(15-31-16)20-6-4-7-22-23(20)27(2,3)25(35)33(22)26-29-12-5-13-30-26/h4-15,20,23H,1-3H3,(H,32,34). The highest BCUT2D eigenvalue weighted by Crippen LogP contribution is 2.53. The monoisotopic (exact) mass is 469 g/mol. The molecule has 1 aromatic carbocycles. The first-order chi connectivity index (χ1) is 16.8. The van der Waals surface area contributed by atoms with Crippen molar-refractivity contribution in [3.8, 4) is 0 Å². The van der Waals surface area contributed by atoms with E-state index in [-0.39, 0.29) is 29.5 Å². The van der Waals surface area contributed by atoms with E-state index in [1.54, 1.807) is 36.5 Å². The van der Waals surface area contributed by atoms with Crippen LogP contribution in [-0.4, -0.2) is 26.8 Å².